The Hall–Kier alpha value is -2.88. The largest absolute Gasteiger partial charge is 0.348 e. The SMILES string of the molecule is O=C(c1cccc(-c2ccccc2)c1)N1CCC(c2ncc[nH]2)CC1. The molecule has 25 heavy (non-hydrogen) atoms. The van der Waals surface area contributed by atoms with Crippen LogP contribution in [-0.2, 0) is 0 Å². The van der Waals surface area contributed by atoms with Gasteiger partial charge in [0.1, 0.15) is 5.82 Å². The third-order valence-corrected chi connectivity index (χ3v) is 4.90. The summed E-state index contributed by atoms with van der Waals surface area (Å²) in [4.78, 5) is 22.4. The number of piperidine rings is 1. The summed E-state index contributed by atoms with van der Waals surface area (Å²) in [5.74, 6) is 1.59. The summed E-state index contributed by atoms with van der Waals surface area (Å²) < 4.78 is 0. The Kier molecular flexibility index (Phi) is 4.34. The molecule has 1 amide bonds. The lowest BCUT2D eigenvalue weighted by Gasteiger charge is -2.31. The predicted molar refractivity (Wildman–Crippen MR) is 98.3 cm³/mol. The van der Waals surface area contributed by atoms with Crippen molar-refractivity contribution in [3.63, 3.8) is 0 Å². The van der Waals surface area contributed by atoms with Gasteiger partial charge in [-0.05, 0) is 36.1 Å². The summed E-state index contributed by atoms with van der Waals surface area (Å²) in [6.45, 7) is 1.56. The van der Waals surface area contributed by atoms with Crippen LogP contribution in [-0.4, -0.2) is 33.9 Å². The van der Waals surface area contributed by atoms with Crippen LogP contribution < -0.4 is 0 Å². The van der Waals surface area contributed by atoms with Crippen molar-refractivity contribution in [3.05, 3.63) is 78.4 Å². The first-order valence-electron chi connectivity index (χ1n) is 8.75. The number of aromatic nitrogens is 2. The normalized spacial score (nSPS) is 15.3. The topological polar surface area (TPSA) is 49.0 Å². The second kappa shape index (κ2) is 6.93. The summed E-state index contributed by atoms with van der Waals surface area (Å²) in [6.07, 6.45) is 5.57. The van der Waals surface area contributed by atoms with Crippen LogP contribution in [0, 0.1) is 0 Å². The summed E-state index contributed by atoms with van der Waals surface area (Å²) in [6, 6.07) is 18.1. The van der Waals surface area contributed by atoms with Crippen molar-refractivity contribution in [2.45, 2.75) is 18.8 Å². The Morgan fingerprint density at radius 1 is 1.00 bits per heavy atom. The standard InChI is InChI=1S/C21H21N3O/c25-21(24-13-9-17(10-14-24)20-22-11-12-23-20)19-8-4-7-18(15-19)16-5-2-1-3-6-16/h1-8,11-12,15,17H,9-10,13-14H2,(H,22,23). The van der Waals surface area contributed by atoms with E-state index in [0.717, 1.165) is 48.4 Å². The highest BCUT2D eigenvalue weighted by molar-refractivity contribution is 5.95. The highest BCUT2D eigenvalue weighted by atomic mass is 16.2. The van der Waals surface area contributed by atoms with Crippen molar-refractivity contribution in [1.29, 1.82) is 0 Å². The fourth-order valence-corrected chi connectivity index (χ4v) is 3.50. The van der Waals surface area contributed by atoms with E-state index in [4.69, 9.17) is 0 Å². The van der Waals surface area contributed by atoms with E-state index in [2.05, 4.69) is 28.2 Å². The average Bonchev–Trinajstić information content (AvgIpc) is 3.23. The molecule has 1 N–H and O–H groups in total. The molecular formula is C21H21N3O. The Bertz CT molecular complexity index is 835. The van der Waals surface area contributed by atoms with Crippen molar-refractivity contribution in [2.24, 2.45) is 0 Å². The number of carbonyl (C=O) groups is 1. The Morgan fingerprint density at radius 2 is 1.76 bits per heavy atom. The van der Waals surface area contributed by atoms with E-state index in [1.54, 1.807) is 6.20 Å². The molecule has 2 heterocycles. The quantitative estimate of drug-likeness (QED) is 0.785. The maximum absolute atomic E-state index is 12.9. The number of carbonyl (C=O) groups excluding carboxylic acids is 1. The smallest absolute Gasteiger partial charge is 0.253 e. The van der Waals surface area contributed by atoms with E-state index in [9.17, 15) is 4.79 Å². The third-order valence-electron chi connectivity index (χ3n) is 4.90. The Labute approximate surface area is 147 Å². The second-order valence-corrected chi connectivity index (χ2v) is 6.49. The van der Waals surface area contributed by atoms with E-state index >= 15 is 0 Å². The molecule has 4 heteroatoms. The first-order valence-corrected chi connectivity index (χ1v) is 8.75. The molecule has 0 spiro atoms. The Morgan fingerprint density at radius 3 is 2.48 bits per heavy atom. The molecule has 4 nitrogen and oxygen atoms in total. The molecule has 1 aliphatic rings. The zero-order chi connectivity index (χ0) is 17.1. The van der Waals surface area contributed by atoms with Crippen LogP contribution >= 0.6 is 0 Å². The van der Waals surface area contributed by atoms with Crippen molar-refractivity contribution in [1.82, 2.24) is 14.9 Å². The van der Waals surface area contributed by atoms with Gasteiger partial charge in [0.15, 0.2) is 0 Å². The van der Waals surface area contributed by atoms with Gasteiger partial charge in [0.25, 0.3) is 5.91 Å². The molecule has 2 aromatic carbocycles. The lowest BCUT2D eigenvalue weighted by Crippen LogP contribution is -2.38. The van der Waals surface area contributed by atoms with Crippen LogP contribution in [0.5, 0.6) is 0 Å². The highest BCUT2D eigenvalue weighted by Crippen LogP contribution is 2.27. The van der Waals surface area contributed by atoms with Gasteiger partial charge in [0, 0.05) is 37.0 Å². The van der Waals surface area contributed by atoms with Gasteiger partial charge in [-0.15, -0.1) is 0 Å². The summed E-state index contributed by atoms with van der Waals surface area (Å²) in [7, 11) is 0. The van der Waals surface area contributed by atoms with Crippen LogP contribution in [0.2, 0.25) is 0 Å². The van der Waals surface area contributed by atoms with Crippen LogP contribution in [0.25, 0.3) is 11.1 Å². The minimum Gasteiger partial charge on any atom is -0.348 e. The molecule has 0 bridgehead atoms. The molecular weight excluding hydrogens is 310 g/mol. The molecule has 0 saturated carbocycles. The highest BCUT2D eigenvalue weighted by Gasteiger charge is 2.25. The first kappa shape index (κ1) is 15.6. The number of imidazole rings is 1. The van der Waals surface area contributed by atoms with Gasteiger partial charge >= 0.3 is 0 Å². The van der Waals surface area contributed by atoms with E-state index in [-0.39, 0.29) is 5.91 Å². The second-order valence-electron chi connectivity index (χ2n) is 6.49. The molecule has 126 valence electrons. The summed E-state index contributed by atoms with van der Waals surface area (Å²) in [5.41, 5.74) is 2.98. The molecule has 0 radical (unpaired) electrons. The van der Waals surface area contributed by atoms with Gasteiger partial charge in [-0.1, -0.05) is 42.5 Å². The third kappa shape index (κ3) is 3.33. The van der Waals surface area contributed by atoms with Crippen molar-refractivity contribution in [3.8, 4) is 11.1 Å². The molecule has 3 aromatic rings. The lowest BCUT2D eigenvalue weighted by atomic mass is 9.95. The predicted octanol–water partition coefficient (Wildman–Crippen LogP) is 4.10. The van der Waals surface area contributed by atoms with Crippen molar-refractivity contribution in [2.75, 3.05) is 13.1 Å². The fourth-order valence-electron chi connectivity index (χ4n) is 3.50. The zero-order valence-electron chi connectivity index (χ0n) is 14.1. The summed E-state index contributed by atoms with van der Waals surface area (Å²) >= 11 is 0. The van der Waals surface area contributed by atoms with E-state index < -0.39 is 0 Å². The van der Waals surface area contributed by atoms with E-state index in [1.807, 2.05) is 47.5 Å². The number of hydrogen-bond acceptors (Lipinski definition) is 2. The number of hydrogen-bond donors (Lipinski definition) is 1. The van der Waals surface area contributed by atoms with Gasteiger partial charge in [0.05, 0.1) is 0 Å². The van der Waals surface area contributed by atoms with Crippen LogP contribution in [0.4, 0.5) is 0 Å². The monoisotopic (exact) mass is 331 g/mol. The van der Waals surface area contributed by atoms with Gasteiger partial charge < -0.3 is 9.88 Å². The average molecular weight is 331 g/mol. The fraction of sp³-hybridized carbons (Fsp3) is 0.238. The minimum atomic E-state index is 0.121. The Balaban J connectivity index is 1.47. The maximum atomic E-state index is 12.9. The molecule has 0 atom stereocenters. The number of amides is 1. The number of nitrogens with zero attached hydrogens (tertiary/aromatic N) is 2. The number of H-pyrrole nitrogens is 1. The van der Waals surface area contributed by atoms with Crippen molar-refractivity contribution < 1.29 is 4.79 Å². The van der Waals surface area contributed by atoms with Gasteiger partial charge in [-0.3, -0.25) is 4.79 Å². The van der Waals surface area contributed by atoms with Crippen molar-refractivity contribution >= 4 is 5.91 Å². The lowest BCUT2D eigenvalue weighted by molar-refractivity contribution is 0.0711. The number of likely N-dealkylation sites (tertiary alicyclic amines) is 1. The first-order chi connectivity index (χ1) is 12.3. The van der Waals surface area contributed by atoms with Crippen LogP contribution in [0.3, 0.4) is 0 Å². The van der Waals surface area contributed by atoms with Gasteiger partial charge in [-0.2, -0.15) is 0 Å². The number of benzene rings is 2. The van der Waals surface area contributed by atoms with E-state index in [0.29, 0.717) is 5.92 Å². The molecule has 1 aromatic heterocycles. The maximum Gasteiger partial charge on any atom is 0.253 e. The van der Waals surface area contributed by atoms with Crippen LogP contribution in [0.1, 0.15) is 34.9 Å². The van der Waals surface area contributed by atoms with Gasteiger partial charge in [-0.25, -0.2) is 4.98 Å². The zero-order valence-corrected chi connectivity index (χ0v) is 14.1. The molecule has 1 fully saturated rings. The van der Waals surface area contributed by atoms with Crippen LogP contribution in [0.15, 0.2) is 67.0 Å². The molecule has 1 saturated heterocycles. The molecule has 0 aliphatic carbocycles. The van der Waals surface area contributed by atoms with E-state index in [1.165, 1.54) is 0 Å². The molecule has 0 unspecified atom stereocenters. The number of rotatable bonds is 3. The summed E-state index contributed by atoms with van der Waals surface area (Å²) in [5, 5.41) is 0. The molecule has 4 rings (SSSR count). The number of nitrogens with one attached hydrogen (secondary N) is 1. The number of aromatic amines is 1. The van der Waals surface area contributed by atoms with Gasteiger partial charge in [0.2, 0.25) is 0 Å². The molecule has 1 aliphatic heterocycles. The minimum absolute atomic E-state index is 0.121.